The maximum Gasteiger partial charge on any atom is 0.508 e. The van der Waals surface area contributed by atoms with Crippen molar-refractivity contribution in [3.8, 4) is 23.2 Å². The van der Waals surface area contributed by atoms with E-state index in [9.17, 15) is 14.9 Å². The highest BCUT2D eigenvalue weighted by Gasteiger charge is 2.21. The van der Waals surface area contributed by atoms with Gasteiger partial charge in [-0.15, -0.1) is 0 Å². The fourth-order valence-corrected chi connectivity index (χ4v) is 5.21. The number of fused-ring (bicyclic) bond motifs is 1. The minimum atomic E-state index is -0.735. The van der Waals surface area contributed by atoms with Gasteiger partial charge in [-0.1, -0.05) is 55.0 Å². The summed E-state index contributed by atoms with van der Waals surface area (Å²) in [5, 5.41) is 9.47. The fourth-order valence-electron chi connectivity index (χ4n) is 5.21. The highest BCUT2D eigenvalue weighted by atomic mass is 16.7. The van der Waals surface area contributed by atoms with E-state index in [2.05, 4.69) is 11.1 Å². The lowest BCUT2D eigenvalue weighted by Gasteiger charge is -2.21. The third kappa shape index (κ3) is 6.72. The van der Waals surface area contributed by atoms with Crippen LogP contribution in [0.15, 0.2) is 66.7 Å². The van der Waals surface area contributed by atoms with Gasteiger partial charge < -0.3 is 18.9 Å². The molecule has 1 aliphatic rings. The molecule has 1 saturated carbocycles. The Bertz CT molecular complexity index is 1580. The van der Waals surface area contributed by atoms with E-state index in [1.54, 1.807) is 18.2 Å². The predicted molar refractivity (Wildman–Crippen MR) is 156 cm³/mol. The summed E-state index contributed by atoms with van der Waals surface area (Å²) in [7, 11) is 0. The van der Waals surface area contributed by atoms with Crippen molar-refractivity contribution in [3.05, 3.63) is 83.4 Å². The molecule has 0 bridgehead atoms. The van der Waals surface area contributed by atoms with E-state index in [0.717, 1.165) is 48.8 Å². The first kappa shape index (κ1) is 28.7. The molecule has 5 rings (SSSR count). The van der Waals surface area contributed by atoms with Gasteiger partial charge in [-0.05, 0) is 67.5 Å². The minimum Gasteiger partial charge on any atom is -0.465 e. The number of imidazole rings is 1. The molecule has 1 aromatic heterocycles. The topological polar surface area (TPSA) is 113 Å². The Morgan fingerprint density at radius 3 is 2.48 bits per heavy atom. The number of benzene rings is 3. The number of nitrogens with zero attached hydrogens (tertiary/aromatic N) is 3. The molecule has 0 radical (unpaired) electrons. The molecule has 3 aromatic carbocycles. The van der Waals surface area contributed by atoms with Crippen LogP contribution in [0.4, 0.5) is 4.79 Å². The first-order chi connectivity index (χ1) is 20.6. The van der Waals surface area contributed by atoms with Crippen molar-refractivity contribution < 1.29 is 28.5 Å². The van der Waals surface area contributed by atoms with Gasteiger partial charge in [0.15, 0.2) is 0 Å². The van der Waals surface area contributed by atoms with Crippen molar-refractivity contribution in [1.29, 1.82) is 5.26 Å². The molecule has 1 aliphatic carbocycles. The van der Waals surface area contributed by atoms with Crippen molar-refractivity contribution in [2.75, 3.05) is 19.8 Å². The van der Waals surface area contributed by atoms with Crippen molar-refractivity contribution in [2.24, 2.45) is 0 Å². The Balaban J connectivity index is 1.30. The van der Waals surface area contributed by atoms with Crippen LogP contribution in [0.25, 0.3) is 22.2 Å². The third-order valence-corrected chi connectivity index (χ3v) is 7.23. The second-order valence-electron chi connectivity index (χ2n) is 10.1. The van der Waals surface area contributed by atoms with Crippen LogP contribution in [-0.2, 0) is 20.8 Å². The summed E-state index contributed by atoms with van der Waals surface area (Å²) in [6, 6.07) is 23.2. The predicted octanol–water partition coefficient (Wildman–Crippen LogP) is 6.66. The highest BCUT2D eigenvalue weighted by Crippen LogP contribution is 2.28. The summed E-state index contributed by atoms with van der Waals surface area (Å²) < 4.78 is 23.6. The van der Waals surface area contributed by atoms with Crippen molar-refractivity contribution in [3.63, 3.8) is 0 Å². The van der Waals surface area contributed by atoms with Gasteiger partial charge in [-0.3, -0.25) is 4.57 Å². The number of hydrogen-bond donors (Lipinski definition) is 0. The zero-order valence-electron chi connectivity index (χ0n) is 23.6. The molecule has 0 amide bonds. The monoisotopic (exact) mass is 567 g/mol. The molecule has 9 heteroatoms. The molecule has 0 saturated heterocycles. The summed E-state index contributed by atoms with van der Waals surface area (Å²) >= 11 is 0. The molecule has 216 valence electrons. The molecule has 1 heterocycles. The van der Waals surface area contributed by atoms with Gasteiger partial charge >= 0.3 is 12.1 Å². The lowest BCUT2D eigenvalue weighted by atomic mass is 9.98. The standard InChI is InChI=1S/C33H33N3O6/c1-2-39-32-35-29-14-8-13-28(31(37)40-19-20-41-33(38)42-26-10-4-3-5-11-26)30(29)36(32)22-23-15-17-24(18-16-23)27-12-7-6-9-25(27)21-34/h6-9,12-18,26H,2-5,10-11,19-20,22H2,1H3. The summed E-state index contributed by atoms with van der Waals surface area (Å²) in [6.07, 6.45) is 4.12. The Hall–Kier alpha value is -4.84. The quantitative estimate of drug-likeness (QED) is 0.154. The third-order valence-electron chi connectivity index (χ3n) is 7.23. The van der Waals surface area contributed by atoms with Crippen LogP contribution in [0.5, 0.6) is 6.01 Å². The largest absolute Gasteiger partial charge is 0.508 e. The molecular formula is C33H33N3O6. The molecule has 9 nitrogen and oxygen atoms in total. The van der Waals surface area contributed by atoms with Crippen molar-refractivity contribution in [1.82, 2.24) is 9.55 Å². The minimum absolute atomic E-state index is 0.0992. The van der Waals surface area contributed by atoms with Crippen molar-refractivity contribution >= 4 is 23.2 Å². The number of esters is 1. The Labute approximate surface area is 244 Å². The first-order valence-corrected chi connectivity index (χ1v) is 14.3. The van der Waals surface area contributed by atoms with Crippen molar-refractivity contribution in [2.45, 2.75) is 51.7 Å². The van der Waals surface area contributed by atoms with Crippen LogP contribution in [-0.4, -0.2) is 47.6 Å². The molecule has 42 heavy (non-hydrogen) atoms. The molecule has 0 N–H and O–H groups in total. The van der Waals surface area contributed by atoms with E-state index in [-0.39, 0.29) is 19.3 Å². The van der Waals surface area contributed by atoms with E-state index < -0.39 is 12.1 Å². The Morgan fingerprint density at radius 2 is 1.71 bits per heavy atom. The number of para-hydroxylation sites is 1. The summed E-state index contributed by atoms with van der Waals surface area (Å²) in [5.74, 6) is -0.558. The lowest BCUT2D eigenvalue weighted by molar-refractivity contribution is -0.00178. The average molecular weight is 568 g/mol. The summed E-state index contributed by atoms with van der Waals surface area (Å²) in [6.45, 7) is 2.47. The van der Waals surface area contributed by atoms with Crippen LogP contribution >= 0.6 is 0 Å². The molecule has 0 spiro atoms. The van der Waals surface area contributed by atoms with E-state index in [0.29, 0.717) is 41.3 Å². The normalized spacial score (nSPS) is 13.3. The number of nitriles is 1. The van der Waals surface area contributed by atoms with Crippen LogP contribution in [0.3, 0.4) is 0 Å². The molecule has 0 unspecified atom stereocenters. The maximum atomic E-state index is 13.2. The Morgan fingerprint density at radius 1 is 0.952 bits per heavy atom. The molecule has 0 atom stereocenters. The van der Waals surface area contributed by atoms with Crippen LogP contribution < -0.4 is 4.74 Å². The smallest absolute Gasteiger partial charge is 0.465 e. The maximum absolute atomic E-state index is 13.2. The van der Waals surface area contributed by atoms with Crippen LogP contribution in [0.1, 0.15) is 60.5 Å². The van der Waals surface area contributed by atoms with Gasteiger partial charge in [0, 0.05) is 0 Å². The second-order valence-corrected chi connectivity index (χ2v) is 10.1. The zero-order chi connectivity index (χ0) is 29.3. The van der Waals surface area contributed by atoms with Gasteiger partial charge in [-0.25, -0.2) is 9.59 Å². The van der Waals surface area contributed by atoms with E-state index in [1.807, 2.05) is 60.0 Å². The molecular weight excluding hydrogens is 534 g/mol. The van der Waals surface area contributed by atoms with Gasteiger partial charge in [0.2, 0.25) is 0 Å². The summed E-state index contributed by atoms with van der Waals surface area (Å²) in [5.41, 5.74) is 4.88. The highest BCUT2D eigenvalue weighted by molar-refractivity contribution is 6.02. The second kappa shape index (κ2) is 13.7. The number of carbonyl (C=O) groups is 2. The number of rotatable bonds is 10. The molecule has 4 aromatic rings. The fraction of sp³-hybridized carbons (Fsp3) is 0.333. The number of carbonyl (C=O) groups excluding carboxylic acids is 2. The van der Waals surface area contributed by atoms with Crippen LogP contribution in [0.2, 0.25) is 0 Å². The van der Waals surface area contributed by atoms with Gasteiger partial charge in [-0.2, -0.15) is 10.2 Å². The molecule has 0 aliphatic heterocycles. The lowest BCUT2D eigenvalue weighted by Crippen LogP contribution is -2.23. The first-order valence-electron chi connectivity index (χ1n) is 14.3. The van der Waals surface area contributed by atoms with Gasteiger partial charge in [0.25, 0.3) is 6.01 Å². The summed E-state index contributed by atoms with van der Waals surface area (Å²) in [4.78, 5) is 29.8. The number of hydrogen-bond acceptors (Lipinski definition) is 8. The van der Waals surface area contributed by atoms with Gasteiger partial charge in [0.1, 0.15) is 19.3 Å². The SMILES string of the molecule is CCOc1nc2cccc(C(=O)OCCOC(=O)OC3CCCCC3)c2n1Cc1ccc(-c2ccccc2C#N)cc1. The number of aromatic nitrogens is 2. The molecule has 1 fully saturated rings. The average Bonchev–Trinajstić information content (AvgIpc) is 3.37. The van der Waals surface area contributed by atoms with E-state index in [1.165, 1.54) is 0 Å². The van der Waals surface area contributed by atoms with Crippen LogP contribution in [0, 0.1) is 11.3 Å². The van der Waals surface area contributed by atoms with E-state index >= 15 is 0 Å². The Kier molecular flexibility index (Phi) is 9.34. The zero-order valence-corrected chi connectivity index (χ0v) is 23.6. The number of ether oxygens (including phenoxy) is 4. The van der Waals surface area contributed by atoms with E-state index in [4.69, 9.17) is 18.9 Å². The van der Waals surface area contributed by atoms with Gasteiger partial charge in [0.05, 0.1) is 41.4 Å².